The van der Waals surface area contributed by atoms with Crippen LogP contribution in [-0.4, -0.2) is 27.5 Å². The summed E-state index contributed by atoms with van der Waals surface area (Å²) in [6, 6.07) is 10.4. The molecule has 0 spiro atoms. The Morgan fingerprint density at radius 3 is 2.15 bits per heavy atom. The molecule has 134 valence electrons. The topological polar surface area (TPSA) is 124 Å². The van der Waals surface area contributed by atoms with Crippen molar-refractivity contribution < 1.29 is 8.42 Å². The fourth-order valence-electron chi connectivity index (χ4n) is 2.63. The van der Waals surface area contributed by atoms with E-state index in [1.807, 2.05) is 12.1 Å². The molecule has 0 amide bonds. The fraction of sp³-hybridized carbons (Fsp3) is 0.278. The summed E-state index contributed by atoms with van der Waals surface area (Å²) in [6.45, 7) is 1.77. The first-order chi connectivity index (χ1) is 12.2. The molecule has 0 saturated heterocycles. The van der Waals surface area contributed by atoms with E-state index in [0.29, 0.717) is 23.2 Å². The molecule has 0 saturated carbocycles. The van der Waals surface area contributed by atoms with Crippen molar-refractivity contribution >= 4 is 21.3 Å². The van der Waals surface area contributed by atoms with Gasteiger partial charge in [0, 0.05) is 19.8 Å². The van der Waals surface area contributed by atoms with Crippen LogP contribution in [0.25, 0.3) is 0 Å². The average molecular weight is 369 g/mol. The van der Waals surface area contributed by atoms with Crippen molar-refractivity contribution in [2.75, 3.05) is 24.7 Å². The molecule has 0 aliphatic carbocycles. The lowest BCUT2D eigenvalue weighted by molar-refractivity contribution is 0.591. The second-order valence-corrected chi connectivity index (χ2v) is 7.85. The van der Waals surface area contributed by atoms with Crippen LogP contribution in [0.1, 0.15) is 29.2 Å². The van der Waals surface area contributed by atoms with Crippen molar-refractivity contribution in [2.45, 2.75) is 24.1 Å². The first-order valence-electron chi connectivity index (χ1n) is 7.86. The van der Waals surface area contributed by atoms with Gasteiger partial charge >= 0.3 is 0 Å². The SMILES string of the molecule is CCc1c(C#N)c(N(C)C)nc(S(=O)(=O)Cc2ccc(N)cc2)c1C#N. The summed E-state index contributed by atoms with van der Waals surface area (Å²) in [7, 11) is -0.550. The lowest BCUT2D eigenvalue weighted by Gasteiger charge is -2.18. The van der Waals surface area contributed by atoms with Crippen LogP contribution in [0.3, 0.4) is 0 Å². The zero-order chi connectivity index (χ0) is 19.5. The number of pyridine rings is 1. The third kappa shape index (κ3) is 3.61. The number of nitrogens with zero attached hydrogens (tertiary/aromatic N) is 4. The van der Waals surface area contributed by atoms with Crippen LogP contribution in [0.5, 0.6) is 0 Å². The van der Waals surface area contributed by atoms with Crippen molar-refractivity contribution in [1.82, 2.24) is 4.98 Å². The molecule has 7 nitrogen and oxygen atoms in total. The minimum Gasteiger partial charge on any atom is -0.399 e. The van der Waals surface area contributed by atoms with Crippen LogP contribution >= 0.6 is 0 Å². The molecule has 2 rings (SSSR count). The van der Waals surface area contributed by atoms with E-state index in [9.17, 15) is 18.9 Å². The van der Waals surface area contributed by atoms with Crippen LogP contribution < -0.4 is 10.6 Å². The highest BCUT2D eigenvalue weighted by Gasteiger charge is 2.28. The van der Waals surface area contributed by atoms with Crippen molar-refractivity contribution in [3.63, 3.8) is 0 Å². The fourth-order valence-corrected chi connectivity index (χ4v) is 4.11. The number of sulfone groups is 1. The van der Waals surface area contributed by atoms with Crippen molar-refractivity contribution in [3.8, 4) is 12.1 Å². The molecule has 0 fully saturated rings. The van der Waals surface area contributed by atoms with E-state index in [2.05, 4.69) is 4.98 Å². The quantitative estimate of drug-likeness (QED) is 0.799. The number of nitrogens with two attached hydrogens (primary N) is 1. The van der Waals surface area contributed by atoms with E-state index in [1.54, 1.807) is 50.2 Å². The summed E-state index contributed by atoms with van der Waals surface area (Å²) in [5.41, 5.74) is 7.25. The molecule has 0 unspecified atom stereocenters. The van der Waals surface area contributed by atoms with Crippen LogP contribution in [-0.2, 0) is 22.0 Å². The van der Waals surface area contributed by atoms with Gasteiger partial charge in [0.05, 0.1) is 16.9 Å². The van der Waals surface area contributed by atoms with E-state index in [-0.39, 0.29) is 27.7 Å². The molecule has 2 aromatic rings. The van der Waals surface area contributed by atoms with E-state index in [0.717, 1.165) is 0 Å². The van der Waals surface area contributed by atoms with Crippen LogP contribution in [0.15, 0.2) is 29.3 Å². The van der Waals surface area contributed by atoms with Crippen molar-refractivity contribution in [2.24, 2.45) is 0 Å². The predicted molar refractivity (Wildman–Crippen MR) is 99.1 cm³/mol. The Balaban J connectivity index is 2.71. The Bertz CT molecular complexity index is 1010. The van der Waals surface area contributed by atoms with Crippen LogP contribution in [0.4, 0.5) is 11.5 Å². The number of benzene rings is 1. The van der Waals surface area contributed by atoms with E-state index < -0.39 is 9.84 Å². The summed E-state index contributed by atoms with van der Waals surface area (Å²) in [5, 5.41) is 18.7. The summed E-state index contributed by atoms with van der Waals surface area (Å²) in [4.78, 5) is 5.75. The number of hydrogen-bond donors (Lipinski definition) is 1. The highest BCUT2D eigenvalue weighted by Crippen LogP contribution is 2.29. The van der Waals surface area contributed by atoms with Gasteiger partial charge in [-0.2, -0.15) is 10.5 Å². The number of nitriles is 2. The number of rotatable bonds is 5. The molecule has 2 N–H and O–H groups in total. The van der Waals surface area contributed by atoms with Gasteiger partial charge in [-0.3, -0.25) is 0 Å². The van der Waals surface area contributed by atoms with E-state index in [1.165, 1.54) is 0 Å². The van der Waals surface area contributed by atoms with Gasteiger partial charge in [0.1, 0.15) is 18.0 Å². The van der Waals surface area contributed by atoms with Crippen molar-refractivity contribution in [1.29, 1.82) is 10.5 Å². The molecule has 0 bridgehead atoms. The second kappa shape index (κ2) is 7.42. The van der Waals surface area contributed by atoms with Gasteiger partial charge in [0.15, 0.2) is 5.03 Å². The zero-order valence-corrected chi connectivity index (χ0v) is 15.6. The van der Waals surface area contributed by atoms with E-state index in [4.69, 9.17) is 5.73 Å². The van der Waals surface area contributed by atoms with Gasteiger partial charge in [0.25, 0.3) is 0 Å². The summed E-state index contributed by atoms with van der Waals surface area (Å²) in [5.74, 6) is -0.0732. The van der Waals surface area contributed by atoms with Gasteiger partial charge in [-0.25, -0.2) is 13.4 Å². The third-order valence-corrected chi connectivity index (χ3v) is 5.48. The minimum absolute atomic E-state index is 0.0647. The molecule has 0 aliphatic heterocycles. The van der Waals surface area contributed by atoms with Gasteiger partial charge in [-0.1, -0.05) is 19.1 Å². The summed E-state index contributed by atoms with van der Waals surface area (Å²) < 4.78 is 25.9. The average Bonchev–Trinajstić information content (AvgIpc) is 2.61. The van der Waals surface area contributed by atoms with Gasteiger partial charge in [0.2, 0.25) is 9.84 Å². The highest BCUT2D eigenvalue weighted by molar-refractivity contribution is 7.90. The normalized spacial score (nSPS) is 10.8. The maximum Gasteiger partial charge on any atom is 0.201 e. The molecule has 1 aromatic carbocycles. The molecule has 1 aromatic heterocycles. The number of nitrogen functional groups attached to an aromatic ring is 1. The van der Waals surface area contributed by atoms with Crippen LogP contribution in [0, 0.1) is 22.7 Å². The van der Waals surface area contributed by atoms with Gasteiger partial charge in [-0.05, 0) is 29.7 Å². The maximum atomic E-state index is 13.0. The molecular formula is C18H19N5O2S. The smallest absolute Gasteiger partial charge is 0.201 e. The molecular weight excluding hydrogens is 350 g/mol. The summed E-state index contributed by atoms with van der Waals surface area (Å²) in [6.07, 6.45) is 0.347. The van der Waals surface area contributed by atoms with Gasteiger partial charge in [-0.15, -0.1) is 0 Å². The molecule has 0 radical (unpaired) electrons. The molecule has 26 heavy (non-hydrogen) atoms. The lowest BCUT2D eigenvalue weighted by atomic mass is 10.0. The standard InChI is InChI=1S/C18H19N5O2S/c1-4-14-15(9-19)17(23(2)3)22-18(16(14)10-20)26(24,25)11-12-5-7-13(21)8-6-12/h5-8H,4,11,21H2,1-3H3. The Kier molecular flexibility index (Phi) is 5.49. The Hall–Kier alpha value is -3.10. The number of hydrogen-bond acceptors (Lipinski definition) is 7. The first kappa shape index (κ1) is 19.2. The van der Waals surface area contributed by atoms with Crippen molar-refractivity contribution in [3.05, 3.63) is 46.5 Å². The Morgan fingerprint density at radius 1 is 1.12 bits per heavy atom. The molecule has 0 atom stereocenters. The predicted octanol–water partition coefficient (Wildman–Crippen LogP) is 2.01. The highest BCUT2D eigenvalue weighted by atomic mass is 32.2. The lowest BCUT2D eigenvalue weighted by Crippen LogP contribution is -2.19. The molecule has 0 aliphatic rings. The Morgan fingerprint density at radius 2 is 1.69 bits per heavy atom. The molecule has 1 heterocycles. The zero-order valence-electron chi connectivity index (χ0n) is 14.8. The van der Waals surface area contributed by atoms with Crippen LogP contribution in [0.2, 0.25) is 0 Å². The number of anilines is 2. The monoisotopic (exact) mass is 369 g/mol. The second-order valence-electron chi connectivity index (χ2n) is 5.94. The number of aromatic nitrogens is 1. The summed E-state index contributed by atoms with van der Waals surface area (Å²) >= 11 is 0. The maximum absolute atomic E-state index is 13.0. The minimum atomic E-state index is -3.89. The Labute approximate surface area is 153 Å². The first-order valence-corrected chi connectivity index (χ1v) is 9.52. The largest absolute Gasteiger partial charge is 0.399 e. The van der Waals surface area contributed by atoms with Gasteiger partial charge < -0.3 is 10.6 Å². The third-order valence-electron chi connectivity index (χ3n) is 3.88. The molecule has 8 heteroatoms. The van der Waals surface area contributed by atoms with E-state index >= 15 is 0 Å².